The van der Waals surface area contributed by atoms with Crippen LogP contribution in [0.25, 0.3) is 0 Å². The van der Waals surface area contributed by atoms with E-state index in [0.29, 0.717) is 0 Å². The minimum Gasteiger partial charge on any atom is -0.0775 e. The van der Waals surface area contributed by atoms with Crippen LogP contribution in [-0.4, -0.2) is 6.16 Å². The van der Waals surface area contributed by atoms with E-state index < -0.39 is 0 Å². The van der Waals surface area contributed by atoms with Gasteiger partial charge in [-0.1, -0.05) is 69.3 Å². The van der Waals surface area contributed by atoms with Crippen molar-refractivity contribution in [1.29, 1.82) is 0 Å². The number of hydrogen-bond donors (Lipinski definition) is 0. The van der Waals surface area contributed by atoms with Crippen molar-refractivity contribution in [2.45, 2.75) is 77.6 Å². The van der Waals surface area contributed by atoms with E-state index >= 15 is 0 Å². The van der Waals surface area contributed by atoms with Crippen molar-refractivity contribution in [3.8, 4) is 0 Å². The Balaban J connectivity index is 2.83. The van der Waals surface area contributed by atoms with E-state index in [4.69, 9.17) is 0 Å². The topological polar surface area (TPSA) is 17.1 Å². The predicted molar refractivity (Wildman–Crippen MR) is 70.3 cm³/mol. The van der Waals surface area contributed by atoms with E-state index in [1.807, 2.05) is 0 Å². The second-order valence-corrected chi connectivity index (χ2v) is 5.22. The van der Waals surface area contributed by atoms with E-state index in [1.165, 1.54) is 70.6 Å². The molecule has 0 saturated heterocycles. The van der Waals surface area contributed by atoms with Gasteiger partial charge in [-0.25, -0.2) is 0 Å². The summed E-state index contributed by atoms with van der Waals surface area (Å²) in [5.74, 6) is 0. The summed E-state index contributed by atoms with van der Waals surface area (Å²) in [4.78, 5) is 0. The third-order valence-electron chi connectivity index (χ3n) is 2.88. The lowest BCUT2D eigenvalue weighted by Gasteiger charge is -2.00. The molecule has 0 saturated carbocycles. The lowest BCUT2D eigenvalue weighted by Crippen LogP contribution is -1.82. The smallest absolute Gasteiger partial charge is 0.0775 e. The van der Waals surface area contributed by atoms with Gasteiger partial charge < -0.3 is 0 Å². The van der Waals surface area contributed by atoms with Crippen LogP contribution in [0.4, 0.5) is 0 Å². The highest BCUT2D eigenvalue weighted by atomic mass is 31.1. The normalized spacial score (nSPS) is 11.0. The van der Waals surface area contributed by atoms with Gasteiger partial charge in [0.15, 0.2) is 0 Å². The molecule has 2 heteroatoms. The first-order valence-electron chi connectivity index (χ1n) is 6.76. The minimum absolute atomic E-state index is 0.0804. The summed E-state index contributed by atoms with van der Waals surface area (Å²) in [5, 5.41) is 0. The van der Waals surface area contributed by atoms with E-state index in [9.17, 15) is 4.57 Å². The Morgan fingerprint density at radius 1 is 0.667 bits per heavy atom. The zero-order valence-electron chi connectivity index (χ0n) is 10.4. The zero-order chi connectivity index (χ0) is 11.2. The van der Waals surface area contributed by atoms with Gasteiger partial charge in [-0.05, 0) is 12.8 Å². The highest BCUT2D eigenvalue weighted by Gasteiger charge is 1.94. The molecule has 0 aromatic heterocycles. The maximum Gasteiger partial charge on any atom is 0.324 e. The van der Waals surface area contributed by atoms with E-state index in [1.54, 1.807) is 0 Å². The zero-order valence-corrected chi connectivity index (χ0v) is 11.4. The predicted octanol–water partition coefficient (Wildman–Crippen LogP) is 5.32. The Labute approximate surface area is 97.2 Å². The molecular weight excluding hydrogens is 203 g/mol. The summed E-state index contributed by atoms with van der Waals surface area (Å²) in [7, 11) is -0.0804. The number of hydrogen-bond acceptors (Lipinski definition) is 1. The van der Waals surface area contributed by atoms with Crippen LogP contribution in [0, 0.1) is 0 Å². The van der Waals surface area contributed by atoms with Crippen molar-refractivity contribution in [3.63, 3.8) is 0 Å². The third kappa shape index (κ3) is 14.1. The maximum atomic E-state index is 10.2. The van der Waals surface area contributed by atoms with Crippen LogP contribution < -0.4 is 0 Å². The average Bonchev–Trinajstić information content (AvgIpc) is 2.26. The van der Waals surface area contributed by atoms with Crippen LogP contribution in [-0.2, 0) is 4.57 Å². The van der Waals surface area contributed by atoms with Crippen LogP contribution in [0.1, 0.15) is 77.6 Å². The molecule has 1 atom stereocenters. The molecule has 0 fully saturated rings. The van der Waals surface area contributed by atoms with E-state index in [-0.39, 0.29) is 8.46 Å². The average molecular weight is 231 g/mol. The minimum atomic E-state index is -0.0804. The molecule has 0 bridgehead atoms. The lowest BCUT2D eigenvalue weighted by molar-refractivity contribution is 0.553. The SMILES string of the molecule is CCCCCCCCCCCCC[PH+]=O. The van der Waals surface area contributed by atoms with Crippen molar-refractivity contribution in [2.75, 3.05) is 6.16 Å². The summed E-state index contributed by atoms with van der Waals surface area (Å²) in [6.07, 6.45) is 16.0. The van der Waals surface area contributed by atoms with Gasteiger partial charge in [0.2, 0.25) is 0 Å². The van der Waals surface area contributed by atoms with Crippen LogP contribution in [0.5, 0.6) is 0 Å². The molecule has 0 aliphatic carbocycles. The highest BCUT2D eigenvalue weighted by Crippen LogP contribution is 2.11. The molecule has 0 aromatic carbocycles. The molecule has 0 rings (SSSR count). The molecule has 0 aromatic rings. The second-order valence-electron chi connectivity index (χ2n) is 4.43. The van der Waals surface area contributed by atoms with Gasteiger partial charge in [0.1, 0.15) is 6.16 Å². The van der Waals surface area contributed by atoms with Crippen LogP contribution >= 0.6 is 8.46 Å². The van der Waals surface area contributed by atoms with Gasteiger partial charge in [-0.3, -0.25) is 0 Å². The van der Waals surface area contributed by atoms with Gasteiger partial charge in [-0.15, -0.1) is 0 Å². The Hall–Kier alpha value is 0.100. The van der Waals surface area contributed by atoms with Gasteiger partial charge >= 0.3 is 8.46 Å². The largest absolute Gasteiger partial charge is 0.324 e. The molecular formula is C13H28OP+. The molecule has 0 aliphatic heterocycles. The molecule has 90 valence electrons. The lowest BCUT2D eigenvalue weighted by atomic mass is 10.1. The Morgan fingerprint density at radius 3 is 1.47 bits per heavy atom. The molecule has 15 heavy (non-hydrogen) atoms. The molecule has 0 heterocycles. The fourth-order valence-corrected chi connectivity index (χ4v) is 2.26. The van der Waals surface area contributed by atoms with Crippen molar-refractivity contribution in [2.24, 2.45) is 0 Å². The standard InChI is InChI=1S/C13H27OP/c1-2-3-4-5-6-7-8-9-10-11-12-13-15-14/h2-13H2,1H3/p+1. The van der Waals surface area contributed by atoms with Gasteiger partial charge in [0.25, 0.3) is 0 Å². The molecule has 1 nitrogen and oxygen atoms in total. The quantitative estimate of drug-likeness (QED) is 0.328. The summed E-state index contributed by atoms with van der Waals surface area (Å²) >= 11 is 0. The third-order valence-corrected chi connectivity index (χ3v) is 3.44. The first-order valence-corrected chi connectivity index (χ1v) is 7.88. The van der Waals surface area contributed by atoms with Gasteiger partial charge in [0, 0.05) is 0 Å². The summed E-state index contributed by atoms with van der Waals surface area (Å²) in [6, 6.07) is 0. The van der Waals surface area contributed by atoms with Crippen molar-refractivity contribution in [3.05, 3.63) is 0 Å². The number of unbranched alkanes of at least 4 members (excludes halogenated alkanes) is 10. The Morgan fingerprint density at radius 2 is 1.07 bits per heavy atom. The second kappa shape index (κ2) is 14.1. The van der Waals surface area contributed by atoms with E-state index in [0.717, 1.165) is 6.16 Å². The van der Waals surface area contributed by atoms with Crippen LogP contribution in [0.2, 0.25) is 0 Å². The molecule has 0 N–H and O–H groups in total. The van der Waals surface area contributed by atoms with Crippen molar-refractivity contribution in [1.82, 2.24) is 0 Å². The molecule has 0 spiro atoms. The van der Waals surface area contributed by atoms with Crippen molar-refractivity contribution >= 4 is 8.46 Å². The summed E-state index contributed by atoms with van der Waals surface area (Å²) in [5.41, 5.74) is 0. The molecule has 0 amide bonds. The van der Waals surface area contributed by atoms with Gasteiger partial charge in [0.05, 0.1) is 0 Å². The summed E-state index contributed by atoms with van der Waals surface area (Å²) < 4.78 is 10.2. The van der Waals surface area contributed by atoms with Crippen LogP contribution in [0.15, 0.2) is 0 Å². The number of rotatable bonds is 12. The molecule has 1 unspecified atom stereocenters. The van der Waals surface area contributed by atoms with Gasteiger partial charge in [-0.2, -0.15) is 0 Å². The monoisotopic (exact) mass is 231 g/mol. The fraction of sp³-hybridized carbons (Fsp3) is 1.00. The fourth-order valence-electron chi connectivity index (χ4n) is 1.86. The molecule has 0 aliphatic rings. The Bertz CT molecular complexity index is 126. The van der Waals surface area contributed by atoms with Crippen molar-refractivity contribution < 1.29 is 4.57 Å². The first-order chi connectivity index (χ1) is 7.41. The van der Waals surface area contributed by atoms with E-state index in [2.05, 4.69) is 6.92 Å². The highest BCUT2D eigenvalue weighted by molar-refractivity contribution is 7.23. The Kier molecular flexibility index (Phi) is 14.2. The van der Waals surface area contributed by atoms with Crippen LogP contribution in [0.3, 0.4) is 0 Å². The summed E-state index contributed by atoms with van der Waals surface area (Å²) in [6.45, 7) is 2.27. The molecule has 0 radical (unpaired) electrons. The maximum absolute atomic E-state index is 10.2. The first kappa shape index (κ1) is 15.1.